The first-order valence-electron chi connectivity index (χ1n) is 5.95. The molecule has 0 amide bonds. The van der Waals surface area contributed by atoms with E-state index >= 15 is 0 Å². The summed E-state index contributed by atoms with van der Waals surface area (Å²) in [6.45, 7) is 0. The van der Waals surface area contributed by atoms with Gasteiger partial charge in [0.25, 0.3) is 5.56 Å². The number of nitrogens with zero attached hydrogens (tertiary/aromatic N) is 3. The van der Waals surface area contributed by atoms with Crippen LogP contribution in [0, 0.1) is 0 Å². The zero-order valence-corrected chi connectivity index (χ0v) is 15.5. The van der Waals surface area contributed by atoms with E-state index in [2.05, 4.69) is 30.1 Å². The molecular weight excluding hydrogens is 410 g/mol. The molecule has 2 aromatic rings. The minimum atomic E-state index is -2.19. The monoisotopic (exact) mass is 436 g/mol. The van der Waals surface area contributed by atoms with Gasteiger partial charge in [0.1, 0.15) is 5.02 Å². The fourth-order valence-electron chi connectivity index (χ4n) is 1.40. The van der Waals surface area contributed by atoms with Gasteiger partial charge in [0, 0.05) is 6.20 Å². The number of halogens is 1. The number of aryl methyl sites for hydroxylation is 1. The van der Waals surface area contributed by atoms with Crippen LogP contribution in [0.25, 0.3) is 0 Å². The fraction of sp³-hybridized carbons (Fsp3) is 0.429. The summed E-state index contributed by atoms with van der Waals surface area (Å²) in [5, 5.41) is 9.64. The Balaban J connectivity index is 0. The van der Waals surface area contributed by atoms with Gasteiger partial charge < -0.3 is 0 Å². The third-order valence-electron chi connectivity index (χ3n) is 2.49. The van der Waals surface area contributed by atoms with Crippen LogP contribution >= 0.6 is 11.6 Å². The van der Waals surface area contributed by atoms with Gasteiger partial charge in [-0.1, -0.05) is 26.5 Å². The minimum Gasteiger partial charge on any atom is -0.266 e. The molecule has 124 valence electrons. The molecule has 0 atom stereocenters. The Labute approximate surface area is 140 Å². The van der Waals surface area contributed by atoms with Crippen LogP contribution in [-0.2, 0) is 7.05 Å². The summed E-state index contributed by atoms with van der Waals surface area (Å²) >= 11 is 3.13. The number of rotatable bonds is 1. The third kappa shape index (κ3) is 6.74. The van der Waals surface area contributed by atoms with E-state index in [9.17, 15) is 9.59 Å². The Morgan fingerprint density at radius 2 is 1.73 bits per heavy atom. The Morgan fingerprint density at radius 1 is 1.14 bits per heavy atom. The summed E-state index contributed by atoms with van der Waals surface area (Å²) in [6.07, 6.45) is 3.13. The number of hydrogen-bond donors (Lipinski definition) is 1. The number of nitrogens with one attached hydrogen (secondary N) is 1. The molecule has 8 heteroatoms. The average Bonchev–Trinajstić information content (AvgIpc) is 2.36. The normalized spacial score (nSPS) is 9.68. The van der Waals surface area contributed by atoms with E-state index < -0.39 is 18.4 Å². The first kappa shape index (κ1) is 23.1. The van der Waals surface area contributed by atoms with Crippen molar-refractivity contribution in [1.82, 2.24) is 20.0 Å². The van der Waals surface area contributed by atoms with Gasteiger partial charge in [0.05, 0.1) is 0 Å². The summed E-state index contributed by atoms with van der Waals surface area (Å²) < 4.78 is 2.43. The molecule has 22 heavy (non-hydrogen) atoms. The molecule has 0 bridgehead atoms. The molecule has 0 aliphatic rings. The van der Waals surface area contributed by atoms with Crippen LogP contribution in [0.1, 0.15) is 14.9 Å². The van der Waals surface area contributed by atoms with Crippen molar-refractivity contribution >= 4 is 33.6 Å². The first-order chi connectivity index (χ1) is 9.23. The molecule has 0 radical (unpaired) electrons. The molecule has 0 saturated heterocycles. The van der Waals surface area contributed by atoms with Crippen LogP contribution in [-0.4, -0.2) is 38.4 Å². The van der Waals surface area contributed by atoms with Crippen LogP contribution in [0.2, 0.25) is 19.8 Å². The molecule has 1 N–H and O–H groups in total. The summed E-state index contributed by atoms with van der Waals surface area (Å²) in [6, 6.07) is 3.30. The molecule has 6 nitrogen and oxygen atoms in total. The molecule has 0 spiro atoms. The SMILES string of the molecule is C.C.Cn1ncc[c]([Sn]([CH3])([CH3])[CH3])c1=O.O=c1[nH]nccc1Cl. The van der Waals surface area contributed by atoms with Crippen molar-refractivity contribution < 1.29 is 0 Å². The van der Waals surface area contributed by atoms with E-state index in [0.29, 0.717) is 0 Å². The van der Waals surface area contributed by atoms with E-state index in [-0.39, 0.29) is 31.0 Å². The summed E-state index contributed by atoms with van der Waals surface area (Å²) in [4.78, 5) is 28.6. The van der Waals surface area contributed by atoms with E-state index in [1.165, 1.54) is 16.9 Å². The second-order valence-corrected chi connectivity index (χ2v) is 19.9. The van der Waals surface area contributed by atoms with Crippen molar-refractivity contribution in [3.63, 3.8) is 0 Å². The van der Waals surface area contributed by atoms with E-state index in [4.69, 9.17) is 11.6 Å². The Hall–Kier alpha value is -1.15. The molecule has 0 aromatic carbocycles. The van der Waals surface area contributed by atoms with Crippen molar-refractivity contribution in [1.29, 1.82) is 0 Å². The van der Waals surface area contributed by atoms with Crippen molar-refractivity contribution in [3.8, 4) is 0 Å². The van der Waals surface area contributed by atoms with Gasteiger partial charge in [0.2, 0.25) is 0 Å². The van der Waals surface area contributed by atoms with Crippen LogP contribution in [0.5, 0.6) is 0 Å². The smallest absolute Gasteiger partial charge is 0.266 e. The maximum atomic E-state index is 11.6. The van der Waals surface area contributed by atoms with Crippen LogP contribution in [0.15, 0.2) is 34.1 Å². The zero-order chi connectivity index (χ0) is 15.3. The first-order valence-corrected chi connectivity index (χ1v) is 16.3. The van der Waals surface area contributed by atoms with E-state index in [1.54, 1.807) is 13.2 Å². The number of aromatic nitrogens is 4. The van der Waals surface area contributed by atoms with Gasteiger partial charge in [-0.05, 0) is 6.07 Å². The van der Waals surface area contributed by atoms with Crippen molar-refractivity contribution in [2.45, 2.75) is 29.7 Å². The van der Waals surface area contributed by atoms with Gasteiger partial charge in [0.15, 0.2) is 0 Å². The zero-order valence-electron chi connectivity index (χ0n) is 11.8. The number of aromatic amines is 1. The molecule has 0 aliphatic carbocycles. The minimum absolute atomic E-state index is 0. The molecular formula is C14H25ClN4O2Sn. The van der Waals surface area contributed by atoms with Crippen molar-refractivity contribution in [3.05, 3.63) is 50.3 Å². The second kappa shape index (κ2) is 9.78. The van der Waals surface area contributed by atoms with Crippen molar-refractivity contribution in [2.24, 2.45) is 7.05 Å². The summed E-state index contributed by atoms with van der Waals surface area (Å²) in [5.41, 5.74) is -0.269. The molecule has 2 rings (SSSR count). The topological polar surface area (TPSA) is 80.6 Å². The summed E-state index contributed by atoms with van der Waals surface area (Å²) in [7, 11) is 1.70. The quantitative estimate of drug-likeness (QED) is 0.695. The van der Waals surface area contributed by atoms with Crippen LogP contribution in [0.3, 0.4) is 0 Å². The Morgan fingerprint density at radius 3 is 2.09 bits per heavy atom. The number of hydrogen-bond acceptors (Lipinski definition) is 4. The Kier molecular flexibility index (Phi) is 10.3. The predicted molar refractivity (Wildman–Crippen MR) is 95.8 cm³/mol. The molecule has 0 aliphatic heterocycles. The van der Waals surface area contributed by atoms with Crippen molar-refractivity contribution in [2.75, 3.05) is 0 Å². The molecule has 2 heterocycles. The predicted octanol–water partition coefficient (Wildman–Crippen LogP) is 2.02. The Bertz CT molecular complexity index is 692. The number of H-pyrrole nitrogens is 1. The summed E-state index contributed by atoms with van der Waals surface area (Å²) in [5.74, 6) is 0. The molecule has 2 aromatic heterocycles. The van der Waals surface area contributed by atoms with Crippen LogP contribution < -0.4 is 14.7 Å². The molecule has 0 fully saturated rings. The molecule has 0 unspecified atom stereocenters. The van der Waals surface area contributed by atoms with Gasteiger partial charge in [-0.25, -0.2) is 5.10 Å². The van der Waals surface area contributed by atoms with Gasteiger partial charge in [-0.2, -0.15) is 5.10 Å². The fourth-order valence-corrected chi connectivity index (χ4v) is 5.44. The van der Waals surface area contributed by atoms with Gasteiger partial charge in [-0.3, -0.25) is 4.79 Å². The van der Waals surface area contributed by atoms with Gasteiger partial charge in [-0.15, -0.1) is 0 Å². The average molecular weight is 436 g/mol. The second-order valence-electron chi connectivity index (χ2n) is 5.16. The van der Waals surface area contributed by atoms with E-state index in [1.807, 2.05) is 6.07 Å². The largest absolute Gasteiger partial charge is 0.282 e. The van der Waals surface area contributed by atoms with Gasteiger partial charge >= 0.3 is 76.2 Å². The standard InChI is InChI=1S/C5H5N2O.C4H3ClN2O.2CH4.3CH3.Sn/c1-7-5(8)3-2-4-6-7;5-3-1-2-6-7-4(3)8;;;;;;/h2,4H,1H3;1-2H,(H,7,8);2*1H4;3*1H3;. The van der Waals surface area contributed by atoms with E-state index in [0.717, 1.165) is 3.58 Å². The third-order valence-corrected chi connectivity index (χ3v) is 8.49. The maximum absolute atomic E-state index is 11.6. The maximum Gasteiger partial charge on any atom is 0.282 e. The van der Waals surface area contributed by atoms with Crippen LogP contribution in [0.4, 0.5) is 0 Å². The molecule has 0 saturated carbocycles.